The number of nitrogens with one attached hydrogen (secondary N) is 1. The summed E-state index contributed by atoms with van der Waals surface area (Å²) in [7, 11) is 1.55. The molecule has 8 nitrogen and oxygen atoms in total. The summed E-state index contributed by atoms with van der Waals surface area (Å²) in [4.78, 5) is 33.7. The quantitative estimate of drug-likeness (QED) is 0.354. The molecule has 0 atom stereocenters. The van der Waals surface area contributed by atoms with Crippen molar-refractivity contribution in [3.05, 3.63) is 70.3 Å². The molecule has 0 aromatic heterocycles. The van der Waals surface area contributed by atoms with Crippen molar-refractivity contribution in [3.8, 4) is 5.75 Å². The molecule has 0 saturated carbocycles. The lowest BCUT2D eigenvalue weighted by Crippen LogP contribution is -2.20. The minimum Gasteiger partial charge on any atom is -0.497 e. The third-order valence-corrected chi connectivity index (χ3v) is 3.25. The van der Waals surface area contributed by atoms with E-state index in [-0.39, 0.29) is 11.4 Å². The van der Waals surface area contributed by atoms with Crippen LogP contribution >= 0.6 is 0 Å². The summed E-state index contributed by atoms with van der Waals surface area (Å²) < 4.78 is 9.84. The van der Waals surface area contributed by atoms with E-state index >= 15 is 0 Å². The van der Waals surface area contributed by atoms with Crippen molar-refractivity contribution in [1.82, 2.24) is 0 Å². The first-order valence-electron chi connectivity index (χ1n) is 7.52. The van der Waals surface area contributed by atoms with Crippen molar-refractivity contribution in [1.29, 1.82) is 0 Å². The minimum absolute atomic E-state index is 0.0346. The van der Waals surface area contributed by atoms with Gasteiger partial charge in [0.2, 0.25) is 0 Å². The fourth-order valence-electron chi connectivity index (χ4n) is 1.99. The van der Waals surface area contributed by atoms with Crippen LogP contribution in [0.1, 0.15) is 5.56 Å². The lowest BCUT2D eigenvalue weighted by Gasteiger charge is -2.05. The van der Waals surface area contributed by atoms with Crippen molar-refractivity contribution in [2.45, 2.75) is 0 Å². The monoisotopic (exact) mass is 356 g/mol. The first-order chi connectivity index (χ1) is 12.5. The number of rotatable bonds is 7. The summed E-state index contributed by atoms with van der Waals surface area (Å²) in [5, 5.41) is 13.2. The van der Waals surface area contributed by atoms with Crippen molar-refractivity contribution in [2.24, 2.45) is 0 Å². The van der Waals surface area contributed by atoms with Gasteiger partial charge >= 0.3 is 5.97 Å². The van der Waals surface area contributed by atoms with Gasteiger partial charge in [-0.3, -0.25) is 14.9 Å². The summed E-state index contributed by atoms with van der Waals surface area (Å²) in [6, 6.07) is 12.7. The molecule has 0 unspecified atom stereocenters. The van der Waals surface area contributed by atoms with Gasteiger partial charge in [-0.05, 0) is 29.8 Å². The number of benzene rings is 2. The number of nitro groups is 1. The molecule has 1 amide bonds. The molecule has 0 heterocycles. The van der Waals surface area contributed by atoms with E-state index in [1.807, 2.05) is 0 Å². The number of methoxy groups -OCH3 is 1. The number of amides is 1. The molecule has 1 N–H and O–H groups in total. The number of anilines is 1. The van der Waals surface area contributed by atoms with Crippen LogP contribution in [0, 0.1) is 10.1 Å². The molecular formula is C18H16N2O6. The normalized spacial score (nSPS) is 10.3. The highest BCUT2D eigenvalue weighted by Gasteiger charge is 2.15. The van der Waals surface area contributed by atoms with Gasteiger partial charge in [0.25, 0.3) is 11.6 Å². The largest absolute Gasteiger partial charge is 0.497 e. The van der Waals surface area contributed by atoms with Crippen LogP contribution in [-0.4, -0.2) is 30.5 Å². The number of ether oxygens (including phenoxy) is 2. The first kappa shape index (κ1) is 18.7. The number of hydrogen-bond donors (Lipinski definition) is 1. The summed E-state index contributed by atoms with van der Waals surface area (Å²) in [5.41, 5.74) is 0.547. The van der Waals surface area contributed by atoms with Gasteiger partial charge < -0.3 is 14.8 Å². The van der Waals surface area contributed by atoms with Crippen molar-refractivity contribution in [2.75, 3.05) is 19.0 Å². The molecule has 0 aliphatic heterocycles. The molecule has 8 heteroatoms. The van der Waals surface area contributed by atoms with Crippen LogP contribution in [0.4, 0.5) is 11.4 Å². The molecule has 0 spiro atoms. The number of hydrogen-bond acceptors (Lipinski definition) is 6. The first-order valence-corrected chi connectivity index (χ1v) is 7.52. The molecule has 2 aromatic rings. The molecule has 26 heavy (non-hydrogen) atoms. The Morgan fingerprint density at radius 3 is 2.50 bits per heavy atom. The topological polar surface area (TPSA) is 108 Å². The summed E-state index contributed by atoms with van der Waals surface area (Å²) >= 11 is 0. The van der Waals surface area contributed by atoms with Crippen LogP contribution in [0.25, 0.3) is 6.08 Å². The number of carbonyl (C=O) groups is 2. The average Bonchev–Trinajstić information content (AvgIpc) is 2.65. The second kappa shape index (κ2) is 8.97. The van der Waals surface area contributed by atoms with E-state index in [1.165, 1.54) is 30.4 Å². The van der Waals surface area contributed by atoms with Crippen LogP contribution in [0.15, 0.2) is 54.6 Å². The van der Waals surface area contributed by atoms with Gasteiger partial charge in [0, 0.05) is 12.1 Å². The van der Waals surface area contributed by atoms with Crippen LogP contribution < -0.4 is 10.1 Å². The van der Waals surface area contributed by atoms with E-state index in [0.717, 1.165) is 5.56 Å². The second-order valence-corrected chi connectivity index (χ2v) is 5.04. The third kappa shape index (κ3) is 5.45. The molecule has 2 rings (SSSR count). The van der Waals surface area contributed by atoms with Gasteiger partial charge in [-0.25, -0.2) is 4.79 Å². The summed E-state index contributed by atoms with van der Waals surface area (Å²) in [6.07, 6.45) is 2.71. The van der Waals surface area contributed by atoms with Crippen LogP contribution in [0.2, 0.25) is 0 Å². The molecule has 134 valence electrons. The smallest absolute Gasteiger partial charge is 0.331 e. The molecule has 0 fully saturated rings. The van der Waals surface area contributed by atoms with E-state index in [0.29, 0.717) is 5.75 Å². The fraction of sp³-hybridized carbons (Fsp3) is 0.111. The SMILES string of the molecule is COc1ccc(/C=C/C(=O)OCC(=O)Nc2ccccc2[N+](=O)[O-])cc1. The predicted octanol–water partition coefficient (Wildman–Crippen LogP) is 2.80. The Morgan fingerprint density at radius 1 is 1.15 bits per heavy atom. The highest BCUT2D eigenvalue weighted by atomic mass is 16.6. The predicted molar refractivity (Wildman–Crippen MR) is 94.7 cm³/mol. The molecular weight excluding hydrogens is 340 g/mol. The van der Waals surface area contributed by atoms with Gasteiger partial charge in [-0.15, -0.1) is 0 Å². The number of nitrogens with zero attached hydrogens (tertiary/aromatic N) is 1. The van der Waals surface area contributed by atoms with E-state index in [4.69, 9.17) is 9.47 Å². The van der Waals surface area contributed by atoms with Crippen LogP contribution in [-0.2, 0) is 14.3 Å². The van der Waals surface area contributed by atoms with Gasteiger partial charge in [0.1, 0.15) is 11.4 Å². The van der Waals surface area contributed by atoms with Gasteiger partial charge in [0.15, 0.2) is 6.61 Å². The second-order valence-electron chi connectivity index (χ2n) is 5.04. The van der Waals surface area contributed by atoms with Gasteiger partial charge in [-0.1, -0.05) is 24.3 Å². The zero-order chi connectivity index (χ0) is 18.9. The fourth-order valence-corrected chi connectivity index (χ4v) is 1.99. The maximum absolute atomic E-state index is 11.8. The van der Waals surface area contributed by atoms with Crippen LogP contribution in [0.5, 0.6) is 5.75 Å². The van der Waals surface area contributed by atoms with Gasteiger partial charge in [-0.2, -0.15) is 0 Å². The third-order valence-electron chi connectivity index (χ3n) is 3.25. The Labute approximate surface area is 149 Å². The molecule has 0 aliphatic carbocycles. The maximum atomic E-state index is 11.8. The highest BCUT2D eigenvalue weighted by molar-refractivity contribution is 5.96. The molecule has 0 radical (unpaired) electrons. The zero-order valence-electron chi connectivity index (χ0n) is 13.9. The Balaban J connectivity index is 1.86. The summed E-state index contributed by atoms with van der Waals surface area (Å²) in [6.45, 7) is -0.558. The Morgan fingerprint density at radius 2 is 1.85 bits per heavy atom. The Bertz CT molecular complexity index is 830. The Kier molecular flexibility index (Phi) is 6.44. The molecule has 2 aromatic carbocycles. The molecule has 0 bridgehead atoms. The summed E-state index contributed by atoms with van der Waals surface area (Å²) in [5.74, 6) is -0.694. The maximum Gasteiger partial charge on any atom is 0.331 e. The lowest BCUT2D eigenvalue weighted by molar-refractivity contribution is -0.383. The number of esters is 1. The number of nitro benzene ring substituents is 1. The number of carbonyl (C=O) groups excluding carboxylic acids is 2. The van der Waals surface area contributed by atoms with Crippen molar-refractivity contribution in [3.63, 3.8) is 0 Å². The zero-order valence-corrected chi connectivity index (χ0v) is 13.9. The van der Waals surface area contributed by atoms with Crippen molar-refractivity contribution < 1.29 is 24.0 Å². The molecule has 0 saturated heterocycles. The number of para-hydroxylation sites is 2. The van der Waals surface area contributed by atoms with Gasteiger partial charge in [0.05, 0.1) is 12.0 Å². The standard InChI is InChI=1S/C18H16N2O6/c1-25-14-9-6-13(7-10-14)8-11-18(22)26-12-17(21)19-15-4-2-3-5-16(15)20(23)24/h2-11H,12H2,1H3,(H,19,21)/b11-8+. The Hall–Kier alpha value is -3.68. The van der Waals surface area contributed by atoms with E-state index < -0.39 is 23.4 Å². The van der Waals surface area contributed by atoms with E-state index in [1.54, 1.807) is 37.4 Å². The lowest BCUT2D eigenvalue weighted by atomic mass is 10.2. The average molecular weight is 356 g/mol. The molecule has 0 aliphatic rings. The van der Waals surface area contributed by atoms with Crippen LogP contribution in [0.3, 0.4) is 0 Å². The minimum atomic E-state index is -0.710. The van der Waals surface area contributed by atoms with E-state index in [2.05, 4.69) is 5.32 Å². The van der Waals surface area contributed by atoms with Crippen molar-refractivity contribution >= 4 is 29.3 Å². The van der Waals surface area contributed by atoms with E-state index in [9.17, 15) is 19.7 Å². The highest BCUT2D eigenvalue weighted by Crippen LogP contribution is 2.22.